The monoisotopic (exact) mass is 382 g/mol. The first kappa shape index (κ1) is 16.5. The Morgan fingerprint density at radius 2 is 1.96 bits per heavy atom. The molecule has 5 nitrogen and oxygen atoms in total. The summed E-state index contributed by atoms with van der Waals surface area (Å²) >= 11 is 7.52. The Morgan fingerprint density at radius 1 is 1.15 bits per heavy atom. The highest BCUT2D eigenvalue weighted by Gasteiger charge is 2.15. The first-order valence-electron chi connectivity index (χ1n) is 7.65. The summed E-state index contributed by atoms with van der Waals surface area (Å²) in [5.41, 5.74) is 2.20. The summed E-state index contributed by atoms with van der Waals surface area (Å²) in [5.74, 6) is -1.01. The maximum atomic E-state index is 12.4. The Kier molecular flexibility index (Phi) is 4.06. The number of rotatable bonds is 3. The van der Waals surface area contributed by atoms with Crippen LogP contribution in [0.1, 0.15) is 10.4 Å². The van der Waals surface area contributed by atoms with Crippen molar-refractivity contribution in [2.24, 2.45) is 0 Å². The number of carboxylic acid groups (broad SMARTS) is 1. The number of carbonyl (C=O) groups is 1. The van der Waals surface area contributed by atoms with E-state index in [0.29, 0.717) is 37.9 Å². The number of halogens is 1. The molecule has 0 bridgehead atoms. The highest BCUT2D eigenvalue weighted by molar-refractivity contribution is 7.13. The van der Waals surface area contributed by atoms with Crippen LogP contribution in [0.5, 0.6) is 0 Å². The molecular formula is C19H11ClN2O3S. The van der Waals surface area contributed by atoms with Gasteiger partial charge in [-0.15, -0.1) is 11.3 Å². The van der Waals surface area contributed by atoms with E-state index in [1.165, 1.54) is 23.5 Å². The van der Waals surface area contributed by atoms with E-state index in [0.717, 1.165) is 0 Å². The molecule has 0 unspecified atom stereocenters. The number of aromatic carboxylic acids is 1. The van der Waals surface area contributed by atoms with Gasteiger partial charge < -0.3 is 10.1 Å². The van der Waals surface area contributed by atoms with E-state index in [2.05, 4.69) is 9.97 Å². The van der Waals surface area contributed by atoms with Gasteiger partial charge in [0.25, 0.3) is 0 Å². The quantitative estimate of drug-likeness (QED) is 0.539. The highest BCUT2D eigenvalue weighted by atomic mass is 35.5. The predicted molar refractivity (Wildman–Crippen MR) is 103 cm³/mol. The SMILES string of the molecule is O=C(O)c1ccccc1-c1csc(-c2cc(=O)c3cccc(Cl)c3[nH]2)n1. The topological polar surface area (TPSA) is 83.0 Å². The summed E-state index contributed by atoms with van der Waals surface area (Å²) < 4.78 is 0. The van der Waals surface area contributed by atoms with Crippen molar-refractivity contribution in [3.63, 3.8) is 0 Å². The molecule has 2 aromatic heterocycles. The number of nitrogens with one attached hydrogen (secondary N) is 1. The molecule has 128 valence electrons. The molecule has 0 atom stereocenters. The van der Waals surface area contributed by atoms with Crippen molar-refractivity contribution >= 4 is 39.8 Å². The van der Waals surface area contributed by atoms with E-state index in [9.17, 15) is 14.7 Å². The molecule has 0 saturated carbocycles. The van der Waals surface area contributed by atoms with Crippen LogP contribution in [-0.4, -0.2) is 21.0 Å². The number of hydrogen-bond donors (Lipinski definition) is 2. The number of H-pyrrole nitrogens is 1. The zero-order chi connectivity index (χ0) is 18.3. The fourth-order valence-electron chi connectivity index (χ4n) is 2.77. The Morgan fingerprint density at radius 3 is 2.77 bits per heavy atom. The van der Waals surface area contributed by atoms with Gasteiger partial charge in [-0.05, 0) is 18.2 Å². The molecule has 4 aromatic rings. The third kappa shape index (κ3) is 2.79. The van der Waals surface area contributed by atoms with Gasteiger partial charge in [0, 0.05) is 22.4 Å². The Hall–Kier alpha value is -2.96. The second kappa shape index (κ2) is 6.40. The van der Waals surface area contributed by atoms with Crippen LogP contribution in [0.25, 0.3) is 32.9 Å². The second-order valence-corrected chi connectivity index (χ2v) is 6.86. The van der Waals surface area contributed by atoms with Crippen molar-refractivity contribution in [3.05, 3.63) is 74.7 Å². The molecule has 0 amide bonds. The number of carboxylic acids is 1. The van der Waals surface area contributed by atoms with Crippen LogP contribution >= 0.6 is 22.9 Å². The Labute approximate surface area is 156 Å². The van der Waals surface area contributed by atoms with Crippen LogP contribution in [0.15, 0.2) is 58.7 Å². The van der Waals surface area contributed by atoms with Crippen LogP contribution in [0.4, 0.5) is 0 Å². The van der Waals surface area contributed by atoms with Crippen molar-refractivity contribution in [1.82, 2.24) is 9.97 Å². The standard InChI is InChI=1S/C19H11ClN2O3S/c20-13-7-3-6-12-16(23)8-14(21-17(12)13)18-22-15(9-26-18)10-4-1-2-5-11(10)19(24)25/h1-9H,(H,21,23)(H,24,25). The van der Waals surface area contributed by atoms with Gasteiger partial charge in [0.2, 0.25) is 0 Å². The molecule has 0 aliphatic heterocycles. The number of pyridine rings is 1. The van der Waals surface area contributed by atoms with Crippen molar-refractivity contribution in [3.8, 4) is 22.0 Å². The van der Waals surface area contributed by atoms with E-state index in [-0.39, 0.29) is 11.0 Å². The summed E-state index contributed by atoms with van der Waals surface area (Å²) in [6.07, 6.45) is 0. The van der Waals surface area contributed by atoms with Crippen molar-refractivity contribution in [1.29, 1.82) is 0 Å². The number of aromatic nitrogens is 2. The molecule has 0 aliphatic carbocycles. The summed E-state index contributed by atoms with van der Waals surface area (Å²) in [6, 6.07) is 13.3. The van der Waals surface area contributed by atoms with Gasteiger partial charge in [-0.3, -0.25) is 4.79 Å². The first-order valence-corrected chi connectivity index (χ1v) is 8.90. The summed E-state index contributed by atoms with van der Waals surface area (Å²) in [4.78, 5) is 31.4. The van der Waals surface area contributed by atoms with Gasteiger partial charge in [-0.25, -0.2) is 9.78 Å². The van der Waals surface area contributed by atoms with Crippen LogP contribution in [0, 0.1) is 0 Å². The smallest absolute Gasteiger partial charge is 0.336 e. The minimum absolute atomic E-state index is 0.154. The van der Waals surface area contributed by atoms with E-state index in [4.69, 9.17) is 11.6 Å². The first-order chi connectivity index (χ1) is 12.5. The molecule has 0 radical (unpaired) electrons. The molecular weight excluding hydrogens is 372 g/mol. The van der Waals surface area contributed by atoms with Crippen molar-refractivity contribution in [2.45, 2.75) is 0 Å². The third-order valence-corrected chi connectivity index (χ3v) is 5.17. The number of fused-ring (bicyclic) bond motifs is 1. The molecule has 0 aliphatic rings. The fourth-order valence-corrected chi connectivity index (χ4v) is 3.78. The van der Waals surface area contributed by atoms with Gasteiger partial charge >= 0.3 is 5.97 Å². The number of hydrogen-bond acceptors (Lipinski definition) is 4. The molecule has 2 N–H and O–H groups in total. The molecule has 7 heteroatoms. The van der Waals surface area contributed by atoms with E-state index in [1.54, 1.807) is 41.8 Å². The minimum Gasteiger partial charge on any atom is -0.478 e. The van der Waals surface area contributed by atoms with Gasteiger partial charge in [0.1, 0.15) is 5.01 Å². The van der Waals surface area contributed by atoms with Crippen molar-refractivity contribution in [2.75, 3.05) is 0 Å². The predicted octanol–water partition coefficient (Wildman–Crippen LogP) is 4.67. The average molecular weight is 383 g/mol. The number of thiazole rings is 1. The maximum Gasteiger partial charge on any atom is 0.336 e. The zero-order valence-corrected chi connectivity index (χ0v) is 14.8. The van der Waals surface area contributed by atoms with Crippen LogP contribution < -0.4 is 5.43 Å². The molecule has 2 heterocycles. The van der Waals surface area contributed by atoms with E-state index < -0.39 is 5.97 Å². The molecule has 2 aromatic carbocycles. The lowest BCUT2D eigenvalue weighted by atomic mass is 10.1. The highest BCUT2D eigenvalue weighted by Crippen LogP contribution is 2.30. The Bertz CT molecular complexity index is 1210. The average Bonchev–Trinajstić information content (AvgIpc) is 3.12. The van der Waals surface area contributed by atoms with Gasteiger partial charge in [0.05, 0.1) is 27.5 Å². The van der Waals surface area contributed by atoms with Gasteiger partial charge in [-0.2, -0.15) is 0 Å². The van der Waals surface area contributed by atoms with Gasteiger partial charge in [-0.1, -0.05) is 35.9 Å². The van der Waals surface area contributed by atoms with Crippen LogP contribution in [0.2, 0.25) is 5.02 Å². The number of benzene rings is 2. The number of para-hydroxylation sites is 1. The summed E-state index contributed by atoms with van der Waals surface area (Å²) in [6.45, 7) is 0. The molecule has 0 spiro atoms. The third-order valence-electron chi connectivity index (χ3n) is 3.98. The van der Waals surface area contributed by atoms with Crippen molar-refractivity contribution < 1.29 is 9.90 Å². The molecule has 26 heavy (non-hydrogen) atoms. The zero-order valence-electron chi connectivity index (χ0n) is 13.2. The molecule has 0 fully saturated rings. The van der Waals surface area contributed by atoms with Gasteiger partial charge in [0.15, 0.2) is 5.43 Å². The van der Waals surface area contributed by atoms with Crippen LogP contribution in [-0.2, 0) is 0 Å². The number of nitrogens with zero attached hydrogens (tertiary/aromatic N) is 1. The lowest BCUT2D eigenvalue weighted by Crippen LogP contribution is -2.03. The van der Waals surface area contributed by atoms with Crippen LogP contribution in [0.3, 0.4) is 0 Å². The number of aromatic amines is 1. The largest absolute Gasteiger partial charge is 0.478 e. The summed E-state index contributed by atoms with van der Waals surface area (Å²) in [5, 5.41) is 12.7. The normalized spacial score (nSPS) is 11.0. The molecule has 4 rings (SSSR count). The second-order valence-electron chi connectivity index (χ2n) is 5.60. The fraction of sp³-hybridized carbons (Fsp3) is 0. The van der Waals surface area contributed by atoms with E-state index in [1.807, 2.05) is 0 Å². The summed E-state index contributed by atoms with van der Waals surface area (Å²) in [7, 11) is 0. The Balaban J connectivity index is 1.85. The lowest BCUT2D eigenvalue weighted by Gasteiger charge is -2.04. The lowest BCUT2D eigenvalue weighted by molar-refractivity contribution is 0.0697. The maximum absolute atomic E-state index is 12.4. The van der Waals surface area contributed by atoms with E-state index >= 15 is 0 Å². The minimum atomic E-state index is -1.01. The molecule has 0 saturated heterocycles.